The maximum absolute atomic E-state index is 13.1. The van der Waals surface area contributed by atoms with E-state index >= 15 is 0 Å². The first kappa shape index (κ1) is 23.5. The van der Waals surface area contributed by atoms with Crippen molar-refractivity contribution < 1.29 is 26.4 Å². The number of hydrogen-bond acceptors (Lipinski definition) is 4. The van der Waals surface area contributed by atoms with Crippen molar-refractivity contribution >= 4 is 33.2 Å². The van der Waals surface area contributed by atoms with Gasteiger partial charge in [0.1, 0.15) is 4.90 Å². The average molecular weight is 476 g/mol. The van der Waals surface area contributed by atoms with Crippen LogP contribution in [-0.2, 0) is 21.0 Å². The minimum absolute atomic E-state index is 0.0136. The molecule has 6 nitrogen and oxygen atoms in total. The molecule has 1 N–H and O–H groups in total. The summed E-state index contributed by atoms with van der Waals surface area (Å²) in [7, 11) is -3.78. The molecule has 0 radical (unpaired) electrons. The van der Waals surface area contributed by atoms with Crippen LogP contribution in [0.15, 0.2) is 53.4 Å². The van der Waals surface area contributed by atoms with Crippen molar-refractivity contribution in [1.29, 1.82) is 0 Å². The molecule has 0 aliphatic carbocycles. The molecule has 1 aliphatic rings. The third-order valence-electron chi connectivity index (χ3n) is 5.15. The Kier molecular flexibility index (Phi) is 6.95. The zero-order chi connectivity index (χ0) is 22.8. The van der Waals surface area contributed by atoms with Gasteiger partial charge in [0.15, 0.2) is 0 Å². The molecule has 1 fully saturated rings. The second-order valence-corrected chi connectivity index (χ2v) is 9.39. The predicted molar refractivity (Wildman–Crippen MR) is 111 cm³/mol. The molecule has 3 rings (SSSR count). The minimum atomic E-state index is -4.59. The summed E-state index contributed by atoms with van der Waals surface area (Å²) < 4.78 is 66.4. The number of carbonyl (C=O) groups is 1. The number of halogens is 4. The second-order valence-electron chi connectivity index (χ2n) is 7.08. The van der Waals surface area contributed by atoms with E-state index in [-0.39, 0.29) is 41.8 Å². The summed E-state index contributed by atoms with van der Waals surface area (Å²) in [5.74, 6) is -0.598. The van der Waals surface area contributed by atoms with Gasteiger partial charge in [0.05, 0.1) is 22.3 Å². The normalized spacial score (nSPS) is 17.3. The third kappa shape index (κ3) is 5.20. The Morgan fingerprint density at radius 3 is 2.23 bits per heavy atom. The Morgan fingerprint density at radius 2 is 1.61 bits per heavy atom. The molecule has 1 aliphatic heterocycles. The van der Waals surface area contributed by atoms with E-state index in [1.165, 1.54) is 34.6 Å². The predicted octanol–water partition coefficient (Wildman–Crippen LogP) is 3.69. The van der Waals surface area contributed by atoms with Crippen molar-refractivity contribution in [2.24, 2.45) is 0 Å². The number of rotatable bonds is 5. The fraction of sp³-hybridized carbons (Fsp3) is 0.350. The molecular weight excluding hydrogens is 455 g/mol. The first-order chi connectivity index (χ1) is 14.5. The molecule has 0 saturated carbocycles. The monoisotopic (exact) mass is 475 g/mol. The summed E-state index contributed by atoms with van der Waals surface area (Å²) in [5.41, 5.74) is -1.24. The van der Waals surface area contributed by atoms with Crippen LogP contribution in [0.25, 0.3) is 0 Å². The van der Waals surface area contributed by atoms with Crippen LogP contribution in [0.5, 0.6) is 0 Å². The van der Waals surface area contributed by atoms with Crippen molar-refractivity contribution in [3.8, 4) is 0 Å². The van der Waals surface area contributed by atoms with Crippen LogP contribution in [-0.4, -0.2) is 55.8 Å². The summed E-state index contributed by atoms with van der Waals surface area (Å²) in [6.07, 6.45) is -4.59. The van der Waals surface area contributed by atoms with Crippen molar-refractivity contribution in [3.63, 3.8) is 0 Å². The van der Waals surface area contributed by atoms with Crippen LogP contribution in [0.4, 0.5) is 18.9 Å². The van der Waals surface area contributed by atoms with E-state index in [0.29, 0.717) is 0 Å². The van der Waals surface area contributed by atoms with Gasteiger partial charge in [0, 0.05) is 26.2 Å². The lowest BCUT2D eigenvalue weighted by atomic mass is 10.1. The van der Waals surface area contributed by atoms with Gasteiger partial charge in [0.2, 0.25) is 15.9 Å². The Balaban J connectivity index is 1.65. The van der Waals surface area contributed by atoms with Crippen molar-refractivity contribution in [2.75, 3.05) is 31.5 Å². The van der Waals surface area contributed by atoms with Gasteiger partial charge < -0.3 is 5.32 Å². The lowest BCUT2D eigenvalue weighted by Crippen LogP contribution is -2.54. The Morgan fingerprint density at radius 1 is 1.03 bits per heavy atom. The Labute approximate surface area is 183 Å². The zero-order valence-corrected chi connectivity index (χ0v) is 18.1. The summed E-state index contributed by atoms with van der Waals surface area (Å²) in [4.78, 5) is 14.3. The topological polar surface area (TPSA) is 69.7 Å². The molecule has 1 heterocycles. The number of hydrogen-bond donors (Lipinski definition) is 1. The van der Waals surface area contributed by atoms with Gasteiger partial charge in [-0.1, -0.05) is 35.9 Å². The Bertz CT molecular complexity index is 1050. The van der Waals surface area contributed by atoms with Gasteiger partial charge >= 0.3 is 6.18 Å². The van der Waals surface area contributed by atoms with Crippen LogP contribution in [0, 0.1) is 0 Å². The standard InChI is InChI=1S/C20H21ClF3N3O3S/c1-14(19(28)25-17-8-4-2-6-15(17)20(22,23)24)26-10-12-27(13-11-26)31(29,30)18-9-5-3-7-16(18)21/h2-9,14H,10-13H2,1H3,(H,25,28). The number of piperazine rings is 1. The van der Waals surface area contributed by atoms with Crippen molar-refractivity contribution in [1.82, 2.24) is 9.21 Å². The number of nitrogens with one attached hydrogen (secondary N) is 1. The maximum atomic E-state index is 13.1. The lowest BCUT2D eigenvalue weighted by Gasteiger charge is -2.36. The molecule has 1 saturated heterocycles. The summed E-state index contributed by atoms with van der Waals surface area (Å²) in [5, 5.41) is 2.46. The van der Waals surface area contributed by atoms with Gasteiger partial charge in [-0.05, 0) is 31.2 Å². The largest absolute Gasteiger partial charge is 0.418 e. The number of benzene rings is 2. The lowest BCUT2D eigenvalue weighted by molar-refractivity contribution is -0.137. The number of sulfonamides is 1. The fourth-order valence-corrected chi connectivity index (χ4v) is 5.28. The Hall–Kier alpha value is -2.14. The second kappa shape index (κ2) is 9.15. The smallest absolute Gasteiger partial charge is 0.324 e. The summed E-state index contributed by atoms with van der Waals surface area (Å²) >= 11 is 6.02. The fourth-order valence-electron chi connectivity index (χ4n) is 3.37. The minimum Gasteiger partial charge on any atom is -0.324 e. The summed E-state index contributed by atoms with van der Waals surface area (Å²) in [6.45, 7) is 2.33. The van der Waals surface area contributed by atoms with Gasteiger partial charge in [-0.2, -0.15) is 17.5 Å². The van der Waals surface area contributed by atoms with E-state index in [0.717, 1.165) is 6.07 Å². The van der Waals surface area contributed by atoms with E-state index in [4.69, 9.17) is 11.6 Å². The highest BCUT2D eigenvalue weighted by molar-refractivity contribution is 7.89. The third-order valence-corrected chi connectivity index (χ3v) is 7.54. The van der Waals surface area contributed by atoms with E-state index in [2.05, 4.69) is 5.32 Å². The van der Waals surface area contributed by atoms with E-state index in [1.54, 1.807) is 24.0 Å². The summed E-state index contributed by atoms with van der Waals surface area (Å²) in [6, 6.07) is 10.2. The number of alkyl halides is 3. The molecule has 11 heteroatoms. The molecule has 31 heavy (non-hydrogen) atoms. The number of amides is 1. The van der Waals surface area contributed by atoms with Crippen LogP contribution in [0.1, 0.15) is 12.5 Å². The molecular formula is C20H21ClF3N3O3S. The van der Waals surface area contributed by atoms with E-state index < -0.39 is 33.7 Å². The van der Waals surface area contributed by atoms with Crippen LogP contribution < -0.4 is 5.32 Å². The first-order valence-corrected chi connectivity index (χ1v) is 11.3. The zero-order valence-electron chi connectivity index (χ0n) is 16.6. The molecule has 168 valence electrons. The van der Waals surface area contributed by atoms with Crippen LogP contribution in [0.3, 0.4) is 0 Å². The maximum Gasteiger partial charge on any atom is 0.418 e. The first-order valence-electron chi connectivity index (χ1n) is 9.47. The molecule has 1 atom stereocenters. The molecule has 0 spiro atoms. The van der Waals surface area contributed by atoms with Gasteiger partial charge in [-0.25, -0.2) is 8.42 Å². The quantitative estimate of drug-likeness (QED) is 0.716. The molecule has 0 aromatic heterocycles. The highest BCUT2D eigenvalue weighted by atomic mass is 35.5. The highest BCUT2D eigenvalue weighted by Gasteiger charge is 2.35. The number of carbonyl (C=O) groups excluding carboxylic acids is 1. The van der Waals surface area contributed by atoms with Gasteiger partial charge in [-0.15, -0.1) is 0 Å². The van der Waals surface area contributed by atoms with Gasteiger partial charge in [0.25, 0.3) is 0 Å². The molecule has 1 amide bonds. The number of para-hydroxylation sites is 1. The van der Waals surface area contributed by atoms with E-state index in [1.807, 2.05) is 0 Å². The van der Waals surface area contributed by atoms with Crippen LogP contribution >= 0.6 is 11.6 Å². The number of anilines is 1. The highest BCUT2D eigenvalue weighted by Crippen LogP contribution is 2.34. The molecule has 0 bridgehead atoms. The van der Waals surface area contributed by atoms with Crippen molar-refractivity contribution in [3.05, 3.63) is 59.1 Å². The van der Waals surface area contributed by atoms with E-state index in [9.17, 15) is 26.4 Å². The van der Waals surface area contributed by atoms with Crippen molar-refractivity contribution in [2.45, 2.75) is 24.0 Å². The average Bonchev–Trinajstić information content (AvgIpc) is 2.73. The van der Waals surface area contributed by atoms with Crippen LogP contribution in [0.2, 0.25) is 5.02 Å². The molecule has 2 aromatic rings. The van der Waals surface area contributed by atoms with Gasteiger partial charge in [-0.3, -0.25) is 9.69 Å². The number of nitrogens with zero attached hydrogens (tertiary/aromatic N) is 2. The molecule has 1 unspecified atom stereocenters. The molecule has 2 aromatic carbocycles. The SMILES string of the molecule is CC(C(=O)Nc1ccccc1C(F)(F)F)N1CCN(S(=O)(=O)c2ccccc2Cl)CC1.